The van der Waals surface area contributed by atoms with Gasteiger partial charge in [-0.1, -0.05) is 24.2 Å². The minimum atomic E-state index is -0.897. The Morgan fingerprint density at radius 2 is 1.92 bits per heavy atom. The van der Waals surface area contributed by atoms with Gasteiger partial charge in [-0.2, -0.15) is 0 Å². The second kappa shape index (κ2) is 7.77. The number of ether oxygens (including phenoxy) is 1. The first-order valence-electron chi connectivity index (χ1n) is 8.01. The molecular formula is C19H16F2N2O3. The maximum absolute atomic E-state index is 13.7. The molecule has 7 heteroatoms. The Balaban J connectivity index is 1.68. The van der Waals surface area contributed by atoms with E-state index < -0.39 is 17.8 Å². The van der Waals surface area contributed by atoms with Crippen molar-refractivity contribution in [3.8, 4) is 17.0 Å². The van der Waals surface area contributed by atoms with Gasteiger partial charge in [0, 0.05) is 11.6 Å². The molecule has 1 atom stereocenters. The van der Waals surface area contributed by atoms with Crippen molar-refractivity contribution in [2.24, 2.45) is 0 Å². The van der Waals surface area contributed by atoms with Gasteiger partial charge in [0.15, 0.2) is 17.7 Å². The molecule has 0 aliphatic carbocycles. The molecule has 2 aromatic carbocycles. The van der Waals surface area contributed by atoms with E-state index in [0.29, 0.717) is 17.7 Å². The number of halogens is 2. The normalized spacial score (nSPS) is 11.8. The van der Waals surface area contributed by atoms with Crippen LogP contribution in [0.1, 0.15) is 13.3 Å². The van der Waals surface area contributed by atoms with Gasteiger partial charge in [0.05, 0.1) is 0 Å². The van der Waals surface area contributed by atoms with Gasteiger partial charge in [-0.3, -0.25) is 10.1 Å². The smallest absolute Gasteiger partial charge is 0.267 e. The first kappa shape index (κ1) is 17.6. The first-order valence-corrected chi connectivity index (χ1v) is 8.01. The van der Waals surface area contributed by atoms with Gasteiger partial charge in [-0.25, -0.2) is 8.78 Å². The zero-order valence-corrected chi connectivity index (χ0v) is 13.9. The van der Waals surface area contributed by atoms with E-state index in [9.17, 15) is 13.6 Å². The molecule has 0 fully saturated rings. The van der Waals surface area contributed by atoms with Gasteiger partial charge >= 0.3 is 0 Å². The van der Waals surface area contributed by atoms with Crippen LogP contribution in [0, 0.1) is 11.6 Å². The largest absolute Gasteiger partial charge is 0.478 e. The SMILES string of the molecule is CC[C@H](Oc1ccccc1F)C(=O)Nc1cc(-c2ccc(F)cc2)no1. The lowest BCUT2D eigenvalue weighted by molar-refractivity contribution is -0.123. The van der Waals surface area contributed by atoms with Crippen LogP contribution in [0.25, 0.3) is 11.3 Å². The fourth-order valence-corrected chi connectivity index (χ4v) is 2.31. The summed E-state index contributed by atoms with van der Waals surface area (Å²) in [4.78, 5) is 12.4. The summed E-state index contributed by atoms with van der Waals surface area (Å²) in [7, 11) is 0. The number of rotatable bonds is 6. The van der Waals surface area contributed by atoms with Gasteiger partial charge in [-0.05, 0) is 42.8 Å². The lowest BCUT2D eigenvalue weighted by Gasteiger charge is -2.16. The molecule has 0 aliphatic heterocycles. The number of anilines is 1. The second-order valence-electron chi connectivity index (χ2n) is 5.52. The van der Waals surface area contributed by atoms with Gasteiger partial charge < -0.3 is 9.26 Å². The molecule has 134 valence electrons. The summed E-state index contributed by atoms with van der Waals surface area (Å²) >= 11 is 0. The molecular weight excluding hydrogens is 342 g/mol. The number of carbonyl (C=O) groups excluding carboxylic acids is 1. The highest BCUT2D eigenvalue weighted by Gasteiger charge is 2.21. The van der Waals surface area contributed by atoms with Crippen LogP contribution in [0.2, 0.25) is 0 Å². The number of hydrogen-bond donors (Lipinski definition) is 1. The summed E-state index contributed by atoms with van der Waals surface area (Å²) in [6.45, 7) is 1.75. The lowest BCUT2D eigenvalue weighted by atomic mass is 10.1. The topological polar surface area (TPSA) is 64.4 Å². The van der Waals surface area contributed by atoms with E-state index in [-0.39, 0.29) is 17.5 Å². The Bertz CT molecular complexity index is 894. The molecule has 5 nitrogen and oxygen atoms in total. The Morgan fingerprint density at radius 3 is 2.62 bits per heavy atom. The molecule has 0 bridgehead atoms. The molecule has 1 heterocycles. The summed E-state index contributed by atoms with van der Waals surface area (Å²) in [5, 5.41) is 6.38. The second-order valence-corrected chi connectivity index (χ2v) is 5.52. The van der Waals surface area contributed by atoms with E-state index in [1.54, 1.807) is 25.1 Å². The van der Waals surface area contributed by atoms with Crippen LogP contribution in [-0.4, -0.2) is 17.2 Å². The predicted molar refractivity (Wildman–Crippen MR) is 91.6 cm³/mol. The number of benzene rings is 2. The number of nitrogens with zero attached hydrogens (tertiary/aromatic N) is 1. The highest BCUT2D eigenvalue weighted by atomic mass is 19.1. The van der Waals surface area contributed by atoms with Crippen molar-refractivity contribution in [2.75, 3.05) is 5.32 Å². The minimum Gasteiger partial charge on any atom is -0.478 e. The summed E-state index contributed by atoms with van der Waals surface area (Å²) in [6, 6.07) is 13.1. The molecule has 0 radical (unpaired) electrons. The molecule has 0 saturated heterocycles. The van der Waals surface area contributed by atoms with Gasteiger partial charge in [0.2, 0.25) is 5.88 Å². The summed E-state index contributed by atoms with van der Waals surface area (Å²) < 4.78 is 37.2. The highest BCUT2D eigenvalue weighted by molar-refractivity contribution is 5.93. The van der Waals surface area contributed by atoms with Crippen LogP contribution in [0.3, 0.4) is 0 Å². The molecule has 1 N–H and O–H groups in total. The number of amides is 1. The maximum Gasteiger partial charge on any atom is 0.267 e. The predicted octanol–water partition coefficient (Wildman–Crippen LogP) is 4.42. The quantitative estimate of drug-likeness (QED) is 0.709. The van der Waals surface area contributed by atoms with Gasteiger partial charge in [0.25, 0.3) is 5.91 Å². The molecule has 0 spiro atoms. The standard InChI is InChI=1S/C19H16F2N2O3/c1-2-16(25-17-6-4-3-5-14(17)21)19(24)22-18-11-15(23-26-18)12-7-9-13(20)10-8-12/h3-11,16H,2H2,1H3,(H,22,24)/t16-/m0/s1. The third-order valence-electron chi connectivity index (χ3n) is 3.67. The highest BCUT2D eigenvalue weighted by Crippen LogP contribution is 2.23. The van der Waals surface area contributed by atoms with E-state index in [1.165, 1.54) is 36.4 Å². The van der Waals surface area contributed by atoms with Crippen molar-refractivity contribution in [3.05, 3.63) is 66.2 Å². The molecule has 1 amide bonds. The first-order chi connectivity index (χ1) is 12.6. The number of carbonyl (C=O) groups is 1. The Labute approximate surface area is 148 Å². The summed E-state index contributed by atoms with van der Waals surface area (Å²) in [5.41, 5.74) is 1.09. The average Bonchev–Trinajstić information content (AvgIpc) is 3.10. The number of para-hydroxylation sites is 1. The van der Waals surface area contributed by atoms with Crippen molar-refractivity contribution >= 4 is 11.8 Å². The van der Waals surface area contributed by atoms with E-state index in [4.69, 9.17) is 9.26 Å². The molecule has 26 heavy (non-hydrogen) atoms. The third-order valence-corrected chi connectivity index (χ3v) is 3.67. The van der Waals surface area contributed by atoms with E-state index in [0.717, 1.165) is 0 Å². The van der Waals surface area contributed by atoms with Crippen molar-refractivity contribution in [2.45, 2.75) is 19.4 Å². The van der Waals surface area contributed by atoms with Crippen molar-refractivity contribution in [1.29, 1.82) is 0 Å². The van der Waals surface area contributed by atoms with Gasteiger partial charge in [0.1, 0.15) is 11.5 Å². The zero-order chi connectivity index (χ0) is 18.5. The zero-order valence-electron chi connectivity index (χ0n) is 13.9. The van der Waals surface area contributed by atoms with Crippen LogP contribution < -0.4 is 10.1 Å². The van der Waals surface area contributed by atoms with Crippen molar-refractivity contribution < 1.29 is 22.8 Å². The summed E-state index contributed by atoms with van der Waals surface area (Å²) in [5.74, 6) is -1.28. The van der Waals surface area contributed by atoms with Gasteiger partial charge in [-0.15, -0.1) is 0 Å². The maximum atomic E-state index is 13.7. The lowest BCUT2D eigenvalue weighted by Crippen LogP contribution is -2.32. The van der Waals surface area contributed by atoms with Crippen LogP contribution in [-0.2, 0) is 4.79 Å². The Kier molecular flexibility index (Phi) is 5.26. The van der Waals surface area contributed by atoms with E-state index in [2.05, 4.69) is 10.5 Å². The number of nitrogens with one attached hydrogen (secondary N) is 1. The molecule has 3 rings (SSSR count). The molecule has 1 aromatic heterocycles. The van der Waals surface area contributed by atoms with E-state index >= 15 is 0 Å². The third kappa shape index (κ3) is 4.05. The van der Waals surface area contributed by atoms with E-state index in [1.807, 2.05) is 0 Å². The molecule has 0 aliphatic rings. The van der Waals surface area contributed by atoms with Crippen LogP contribution in [0.5, 0.6) is 5.75 Å². The van der Waals surface area contributed by atoms with Crippen LogP contribution in [0.15, 0.2) is 59.1 Å². The Morgan fingerprint density at radius 1 is 1.19 bits per heavy atom. The monoisotopic (exact) mass is 358 g/mol. The van der Waals surface area contributed by atoms with Crippen molar-refractivity contribution in [1.82, 2.24) is 5.16 Å². The van der Waals surface area contributed by atoms with Crippen LogP contribution >= 0.6 is 0 Å². The number of hydrogen-bond acceptors (Lipinski definition) is 4. The molecule has 3 aromatic rings. The fourth-order valence-electron chi connectivity index (χ4n) is 2.31. The molecule has 0 saturated carbocycles. The number of aromatic nitrogens is 1. The molecule has 0 unspecified atom stereocenters. The fraction of sp³-hybridized carbons (Fsp3) is 0.158. The minimum absolute atomic E-state index is 0.000860. The average molecular weight is 358 g/mol. The van der Waals surface area contributed by atoms with Crippen molar-refractivity contribution in [3.63, 3.8) is 0 Å². The summed E-state index contributed by atoms with van der Waals surface area (Å²) in [6.07, 6.45) is -0.565. The van der Waals surface area contributed by atoms with Crippen LogP contribution in [0.4, 0.5) is 14.7 Å². The Hall–Kier alpha value is -3.22.